The highest BCUT2D eigenvalue weighted by atomic mass is 16.4. The first-order valence-electron chi connectivity index (χ1n) is 6.07. The Labute approximate surface area is 105 Å². The Bertz CT molecular complexity index is 418. The fraction of sp³-hybridized carbons (Fsp3) is 0.750. The number of nitrogens with zero attached hydrogens (tertiary/aromatic N) is 1. The number of rotatable bonds is 3. The van der Waals surface area contributed by atoms with Crippen LogP contribution in [0.3, 0.4) is 0 Å². The summed E-state index contributed by atoms with van der Waals surface area (Å²) in [6, 6.07) is 0. The van der Waals surface area contributed by atoms with Crippen molar-refractivity contribution in [1.29, 1.82) is 0 Å². The second-order valence-electron chi connectivity index (χ2n) is 5.79. The minimum absolute atomic E-state index is 0.156. The molecule has 0 bridgehead atoms. The fourth-order valence-corrected chi connectivity index (χ4v) is 2.95. The van der Waals surface area contributed by atoms with Gasteiger partial charge < -0.3 is 15.7 Å². The van der Waals surface area contributed by atoms with E-state index in [1.807, 2.05) is 0 Å². The van der Waals surface area contributed by atoms with Gasteiger partial charge in [0.2, 0.25) is 11.8 Å². The van der Waals surface area contributed by atoms with Gasteiger partial charge in [-0.3, -0.25) is 14.4 Å². The first kappa shape index (κ1) is 12.9. The number of hydrogen-bond acceptors (Lipinski definition) is 3. The summed E-state index contributed by atoms with van der Waals surface area (Å²) >= 11 is 0. The zero-order chi connectivity index (χ0) is 13.7. The minimum Gasteiger partial charge on any atom is -0.481 e. The number of carboxylic acid groups (broad SMARTS) is 1. The van der Waals surface area contributed by atoms with Gasteiger partial charge in [-0.05, 0) is 11.8 Å². The molecule has 0 radical (unpaired) electrons. The van der Waals surface area contributed by atoms with Crippen molar-refractivity contribution in [3.05, 3.63) is 0 Å². The van der Waals surface area contributed by atoms with Gasteiger partial charge in [-0.1, -0.05) is 13.8 Å². The van der Waals surface area contributed by atoms with E-state index in [-0.39, 0.29) is 11.8 Å². The number of likely N-dealkylation sites (tertiary alicyclic amines) is 1. The molecule has 0 aromatic carbocycles. The van der Waals surface area contributed by atoms with Crippen molar-refractivity contribution in [3.8, 4) is 0 Å². The van der Waals surface area contributed by atoms with Crippen LogP contribution in [0.15, 0.2) is 0 Å². The molecule has 3 atom stereocenters. The second-order valence-corrected chi connectivity index (χ2v) is 5.79. The van der Waals surface area contributed by atoms with E-state index in [1.54, 1.807) is 18.7 Å². The smallest absolute Gasteiger partial charge is 0.307 e. The van der Waals surface area contributed by atoms with Crippen molar-refractivity contribution in [1.82, 2.24) is 4.90 Å². The van der Waals surface area contributed by atoms with E-state index in [0.29, 0.717) is 19.5 Å². The van der Waals surface area contributed by atoms with Gasteiger partial charge in [0.15, 0.2) is 0 Å². The lowest BCUT2D eigenvalue weighted by molar-refractivity contribution is -0.142. The predicted octanol–water partition coefficient (Wildman–Crippen LogP) is -0.323. The number of carboxylic acids is 1. The van der Waals surface area contributed by atoms with Gasteiger partial charge in [-0.15, -0.1) is 0 Å². The van der Waals surface area contributed by atoms with Crippen LogP contribution in [0, 0.1) is 23.2 Å². The Morgan fingerprint density at radius 3 is 2.28 bits per heavy atom. The number of carbonyl (C=O) groups excluding carboxylic acids is 2. The maximum atomic E-state index is 12.2. The van der Waals surface area contributed by atoms with Gasteiger partial charge in [0.1, 0.15) is 0 Å². The van der Waals surface area contributed by atoms with Gasteiger partial charge in [0, 0.05) is 13.1 Å². The van der Waals surface area contributed by atoms with Crippen molar-refractivity contribution < 1.29 is 19.5 Å². The lowest BCUT2D eigenvalue weighted by Gasteiger charge is -2.16. The zero-order valence-electron chi connectivity index (χ0n) is 10.5. The molecule has 0 aromatic heterocycles. The maximum absolute atomic E-state index is 12.2. The van der Waals surface area contributed by atoms with Crippen LogP contribution in [0.4, 0.5) is 0 Å². The van der Waals surface area contributed by atoms with Crippen LogP contribution in [-0.2, 0) is 14.4 Å². The molecule has 18 heavy (non-hydrogen) atoms. The highest BCUT2D eigenvalue weighted by Crippen LogP contribution is 2.59. The standard InChI is InChI=1S/C12H18N2O4/c1-12(2)7(8(12)11(17)18)10(16)14-4-3-6(5-14)9(13)15/h6-8H,3-5H2,1-2H3,(H2,13,15)(H,17,18)/t6?,7-,8+/m1/s1. The molecule has 6 heteroatoms. The van der Waals surface area contributed by atoms with E-state index < -0.39 is 29.1 Å². The molecule has 0 spiro atoms. The van der Waals surface area contributed by atoms with Crippen LogP contribution in [0.2, 0.25) is 0 Å². The average molecular weight is 254 g/mol. The molecule has 3 N–H and O–H groups in total. The Hall–Kier alpha value is -1.59. The topological polar surface area (TPSA) is 101 Å². The van der Waals surface area contributed by atoms with E-state index in [4.69, 9.17) is 10.8 Å². The molecule has 1 aliphatic carbocycles. The van der Waals surface area contributed by atoms with Crippen LogP contribution in [0.5, 0.6) is 0 Å². The zero-order valence-corrected chi connectivity index (χ0v) is 10.5. The molecule has 1 aliphatic heterocycles. The molecule has 2 fully saturated rings. The van der Waals surface area contributed by atoms with E-state index >= 15 is 0 Å². The van der Waals surface area contributed by atoms with Crippen LogP contribution in [-0.4, -0.2) is 40.9 Å². The minimum atomic E-state index is -0.927. The molecular weight excluding hydrogens is 236 g/mol. The first-order chi connectivity index (χ1) is 8.26. The normalized spacial score (nSPS) is 33.2. The first-order valence-corrected chi connectivity index (χ1v) is 6.07. The van der Waals surface area contributed by atoms with Gasteiger partial charge in [0.25, 0.3) is 0 Å². The molecule has 0 aromatic rings. The Kier molecular flexibility index (Phi) is 2.83. The number of hydrogen-bond donors (Lipinski definition) is 2. The Morgan fingerprint density at radius 2 is 1.89 bits per heavy atom. The van der Waals surface area contributed by atoms with Crippen LogP contribution < -0.4 is 5.73 Å². The van der Waals surface area contributed by atoms with E-state index in [2.05, 4.69) is 0 Å². The van der Waals surface area contributed by atoms with Gasteiger partial charge in [-0.25, -0.2) is 0 Å². The second kappa shape index (κ2) is 3.96. The molecule has 1 unspecified atom stereocenters. The van der Waals surface area contributed by atoms with Crippen molar-refractivity contribution in [3.63, 3.8) is 0 Å². The summed E-state index contributed by atoms with van der Waals surface area (Å²) in [6.45, 7) is 4.39. The quantitative estimate of drug-likeness (QED) is 0.720. The highest BCUT2D eigenvalue weighted by Gasteiger charge is 2.66. The Balaban J connectivity index is 2.02. The molecular formula is C12H18N2O4. The van der Waals surface area contributed by atoms with Crippen LogP contribution >= 0.6 is 0 Å². The van der Waals surface area contributed by atoms with Crippen LogP contribution in [0.1, 0.15) is 20.3 Å². The van der Waals surface area contributed by atoms with Gasteiger partial charge >= 0.3 is 5.97 Å². The number of carbonyl (C=O) groups is 3. The molecule has 2 aliphatic rings. The predicted molar refractivity (Wildman–Crippen MR) is 62.3 cm³/mol. The highest BCUT2D eigenvalue weighted by molar-refractivity contribution is 5.92. The third-order valence-electron chi connectivity index (χ3n) is 4.26. The monoisotopic (exact) mass is 254 g/mol. The van der Waals surface area contributed by atoms with Crippen molar-refractivity contribution in [2.75, 3.05) is 13.1 Å². The van der Waals surface area contributed by atoms with Crippen molar-refractivity contribution in [2.24, 2.45) is 28.9 Å². The van der Waals surface area contributed by atoms with Crippen molar-refractivity contribution >= 4 is 17.8 Å². The SMILES string of the molecule is CC1(C)[C@H](C(=O)O)[C@@H]1C(=O)N1CCC(C(N)=O)C1. The van der Waals surface area contributed by atoms with E-state index in [1.165, 1.54) is 0 Å². The number of amides is 2. The lowest BCUT2D eigenvalue weighted by atomic mass is 10.1. The van der Waals surface area contributed by atoms with E-state index in [0.717, 1.165) is 0 Å². The average Bonchev–Trinajstić information content (AvgIpc) is 2.64. The molecule has 100 valence electrons. The molecule has 1 saturated carbocycles. The Morgan fingerprint density at radius 1 is 1.28 bits per heavy atom. The van der Waals surface area contributed by atoms with Crippen LogP contribution in [0.25, 0.3) is 0 Å². The molecule has 6 nitrogen and oxygen atoms in total. The fourth-order valence-electron chi connectivity index (χ4n) is 2.95. The lowest BCUT2D eigenvalue weighted by Crippen LogP contribution is -2.34. The number of nitrogens with two attached hydrogens (primary N) is 1. The maximum Gasteiger partial charge on any atom is 0.307 e. The molecule has 1 heterocycles. The van der Waals surface area contributed by atoms with E-state index in [9.17, 15) is 14.4 Å². The summed E-state index contributed by atoms with van der Waals surface area (Å²) in [5.74, 6) is -2.85. The number of primary amides is 1. The number of aliphatic carboxylic acids is 1. The summed E-state index contributed by atoms with van der Waals surface area (Å²) in [5, 5.41) is 9.05. The third kappa shape index (κ3) is 1.85. The summed E-state index contributed by atoms with van der Waals surface area (Å²) in [7, 11) is 0. The molecule has 2 rings (SSSR count). The summed E-state index contributed by atoms with van der Waals surface area (Å²) in [5.41, 5.74) is 4.72. The molecule has 1 saturated heterocycles. The third-order valence-corrected chi connectivity index (χ3v) is 4.26. The summed E-state index contributed by atoms with van der Waals surface area (Å²) < 4.78 is 0. The van der Waals surface area contributed by atoms with Crippen molar-refractivity contribution in [2.45, 2.75) is 20.3 Å². The largest absolute Gasteiger partial charge is 0.481 e. The summed E-state index contributed by atoms with van der Waals surface area (Å²) in [4.78, 5) is 35.9. The summed E-state index contributed by atoms with van der Waals surface area (Å²) in [6.07, 6.45) is 0.575. The van der Waals surface area contributed by atoms with Gasteiger partial charge in [0.05, 0.1) is 17.8 Å². The van der Waals surface area contributed by atoms with Gasteiger partial charge in [-0.2, -0.15) is 0 Å². The molecule has 2 amide bonds.